The Hall–Kier alpha value is -3.97. The molecule has 5 aromatic rings. The lowest BCUT2D eigenvalue weighted by atomic mass is 9.95. The van der Waals surface area contributed by atoms with E-state index in [0.29, 0.717) is 71.6 Å². The molecule has 11 nitrogen and oxygen atoms in total. The Morgan fingerprint density at radius 2 is 2.00 bits per heavy atom. The first-order valence-electron chi connectivity index (χ1n) is 16.1. The van der Waals surface area contributed by atoms with Crippen molar-refractivity contribution in [1.82, 2.24) is 45.0 Å². The second-order valence-corrected chi connectivity index (χ2v) is 13.7. The minimum Gasteiger partial charge on any atom is -0.461 e. The number of aryl methyl sites for hydroxylation is 1. The maximum atomic E-state index is 17.0. The first-order chi connectivity index (χ1) is 22.4. The molecule has 238 valence electrons. The van der Waals surface area contributed by atoms with Crippen molar-refractivity contribution in [3.63, 3.8) is 0 Å². The molecule has 3 saturated heterocycles. The third-order valence-electron chi connectivity index (χ3n) is 10.4. The van der Waals surface area contributed by atoms with Gasteiger partial charge in [-0.05, 0) is 62.6 Å². The number of aromatic amines is 1. The van der Waals surface area contributed by atoms with Crippen LogP contribution in [0.25, 0.3) is 33.1 Å². The molecule has 0 aliphatic carbocycles. The zero-order valence-electron chi connectivity index (χ0n) is 25.2. The molecule has 4 aromatic heterocycles. The SMILES string of the molecule is Fc1c2ncc3c(nc(OC[C@@]45CCCN4C[C@H](F)C5)nc13)N1CCC[C@H](C1)Cn1ncc(n1)CCc1c(Cl)cc3[nH]ncc3c1-2. The van der Waals surface area contributed by atoms with Crippen molar-refractivity contribution in [3.8, 4) is 17.3 Å². The molecule has 1 N–H and O–H groups in total. The minimum absolute atomic E-state index is 0.0866. The van der Waals surface area contributed by atoms with Gasteiger partial charge in [0.25, 0.3) is 0 Å². The number of hydrogen-bond acceptors (Lipinski definition) is 9. The molecule has 10 rings (SSSR count). The van der Waals surface area contributed by atoms with Crippen molar-refractivity contribution in [2.45, 2.75) is 63.2 Å². The number of halogens is 3. The molecule has 1 aromatic carbocycles. The Morgan fingerprint density at radius 1 is 1.07 bits per heavy atom. The number of anilines is 1. The quantitative estimate of drug-likeness (QED) is 0.292. The van der Waals surface area contributed by atoms with Crippen molar-refractivity contribution >= 4 is 39.2 Å². The van der Waals surface area contributed by atoms with E-state index < -0.39 is 12.0 Å². The van der Waals surface area contributed by atoms with Crippen LogP contribution >= 0.6 is 11.6 Å². The van der Waals surface area contributed by atoms with Crippen LogP contribution in [0.4, 0.5) is 14.6 Å². The summed E-state index contributed by atoms with van der Waals surface area (Å²) < 4.78 is 37.9. The van der Waals surface area contributed by atoms with Crippen molar-refractivity contribution in [1.29, 1.82) is 0 Å². The van der Waals surface area contributed by atoms with Gasteiger partial charge in [0.15, 0.2) is 5.82 Å². The van der Waals surface area contributed by atoms with Gasteiger partial charge in [0.2, 0.25) is 0 Å². The Kier molecular flexibility index (Phi) is 6.64. The minimum atomic E-state index is -0.882. The fourth-order valence-corrected chi connectivity index (χ4v) is 8.49. The molecule has 5 aliphatic heterocycles. The summed E-state index contributed by atoms with van der Waals surface area (Å²) >= 11 is 6.87. The molecule has 3 atom stereocenters. The standard InChI is InChI=1S/C32H33ClF2N10O/c33-24-9-25-22(13-37-41-25)26-21(24)5-4-20-11-38-45(42-20)15-18-3-1-7-43(14-18)30-23-12-36-29(26)27(35)28(23)39-31(40-30)46-17-32-6-2-8-44(32)16-19(34)10-32/h9,11-13,18-19H,1-8,10,14-17H2,(H,37,41)/t18-,19-,32+/m1/s1. The average Bonchev–Trinajstić information content (AvgIpc) is 3.83. The first kappa shape index (κ1) is 28.3. The summed E-state index contributed by atoms with van der Waals surface area (Å²) in [6, 6.07) is 1.90. The van der Waals surface area contributed by atoms with Gasteiger partial charge in [-0.15, -0.1) is 0 Å². The van der Waals surface area contributed by atoms with Crippen LogP contribution in [-0.2, 0) is 19.4 Å². The summed E-state index contributed by atoms with van der Waals surface area (Å²) in [6.45, 7) is 3.63. The van der Waals surface area contributed by atoms with Crippen LogP contribution in [0.3, 0.4) is 0 Å². The predicted molar refractivity (Wildman–Crippen MR) is 168 cm³/mol. The summed E-state index contributed by atoms with van der Waals surface area (Å²) in [5.41, 5.74) is 2.72. The second kappa shape index (κ2) is 10.8. The van der Waals surface area contributed by atoms with E-state index in [2.05, 4.69) is 30.1 Å². The molecule has 0 unspecified atom stereocenters. The van der Waals surface area contributed by atoms with E-state index in [9.17, 15) is 4.39 Å². The molecule has 14 heteroatoms. The molecule has 9 heterocycles. The van der Waals surface area contributed by atoms with E-state index in [0.717, 1.165) is 50.0 Å². The number of fused-ring (bicyclic) bond motifs is 4. The molecular formula is C32H33ClF2N10O. The zero-order chi connectivity index (χ0) is 31.0. The lowest BCUT2D eigenvalue weighted by molar-refractivity contribution is 0.107. The number of hydrogen-bond donors (Lipinski definition) is 1. The largest absolute Gasteiger partial charge is 0.461 e. The normalized spacial score (nSPS) is 24.7. The van der Waals surface area contributed by atoms with Gasteiger partial charge in [-0.1, -0.05) is 11.6 Å². The fourth-order valence-electron chi connectivity index (χ4n) is 8.19. The number of nitrogens with one attached hydrogen (secondary N) is 1. The highest BCUT2D eigenvalue weighted by atomic mass is 35.5. The number of ether oxygens (including phenoxy) is 1. The summed E-state index contributed by atoms with van der Waals surface area (Å²) in [5.74, 6) is 0.275. The molecule has 0 amide bonds. The van der Waals surface area contributed by atoms with Gasteiger partial charge < -0.3 is 9.64 Å². The van der Waals surface area contributed by atoms with Gasteiger partial charge in [-0.2, -0.15) is 30.1 Å². The van der Waals surface area contributed by atoms with Gasteiger partial charge in [0.1, 0.15) is 29.8 Å². The monoisotopic (exact) mass is 646 g/mol. The Labute approximate surface area is 268 Å². The van der Waals surface area contributed by atoms with E-state index in [1.165, 1.54) is 0 Å². The summed E-state index contributed by atoms with van der Waals surface area (Å²) in [6.07, 6.45) is 9.56. The second-order valence-electron chi connectivity index (χ2n) is 13.3. The average molecular weight is 647 g/mol. The van der Waals surface area contributed by atoms with Gasteiger partial charge >= 0.3 is 6.01 Å². The molecule has 8 bridgehead atoms. The number of aromatic nitrogens is 8. The molecule has 5 aliphatic rings. The number of piperidine rings is 1. The van der Waals surface area contributed by atoms with E-state index in [1.807, 2.05) is 6.07 Å². The number of benzene rings is 1. The van der Waals surface area contributed by atoms with E-state index >= 15 is 4.39 Å². The number of nitrogens with zero attached hydrogens (tertiary/aromatic N) is 9. The third kappa shape index (κ3) is 4.61. The van der Waals surface area contributed by atoms with Crippen LogP contribution in [0.1, 0.15) is 43.4 Å². The lowest BCUT2D eigenvalue weighted by Crippen LogP contribution is -2.43. The summed E-state index contributed by atoms with van der Waals surface area (Å²) in [7, 11) is 0. The topological polar surface area (TPSA) is 114 Å². The number of H-pyrrole nitrogens is 1. The Morgan fingerprint density at radius 3 is 2.93 bits per heavy atom. The number of rotatable bonds is 3. The predicted octanol–water partition coefficient (Wildman–Crippen LogP) is 4.92. The molecule has 0 radical (unpaired) electrons. The van der Waals surface area contributed by atoms with Crippen LogP contribution in [0.2, 0.25) is 5.02 Å². The van der Waals surface area contributed by atoms with E-state index in [-0.39, 0.29) is 35.3 Å². The van der Waals surface area contributed by atoms with Crippen molar-refractivity contribution in [3.05, 3.63) is 46.8 Å². The third-order valence-corrected chi connectivity index (χ3v) is 10.7. The lowest BCUT2D eigenvalue weighted by Gasteiger charge is -2.34. The molecule has 3 fully saturated rings. The van der Waals surface area contributed by atoms with Crippen LogP contribution in [-0.4, -0.2) is 89.5 Å². The molecule has 46 heavy (non-hydrogen) atoms. The van der Waals surface area contributed by atoms with E-state index in [1.54, 1.807) is 23.4 Å². The maximum absolute atomic E-state index is 17.0. The molecular weight excluding hydrogens is 614 g/mol. The summed E-state index contributed by atoms with van der Waals surface area (Å²) in [4.78, 5) is 20.4. The van der Waals surface area contributed by atoms with Crippen LogP contribution in [0, 0.1) is 11.7 Å². The Bertz CT molecular complexity index is 1980. The van der Waals surface area contributed by atoms with Gasteiger partial charge in [0.05, 0.1) is 41.1 Å². The number of pyridine rings is 1. The van der Waals surface area contributed by atoms with Gasteiger partial charge in [-0.25, -0.2) is 8.78 Å². The summed E-state index contributed by atoms with van der Waals surface area (Å²) in [5, 5.41) is 18.2. The molecule has 0 saturated carbocycles. The van der Waals surface area contributed by atoms with E-state index in [4.69, 9.17) is 31.4 Å². The van der Waals surface area contributed by atoms with Gasteiger partial charge in [0, 0.05) is 48.2 Å². The highest BCUT2D eigenvalue weighted by Gasteiger charge is 2.49. The Balaban J connectivity index is 1.22. The maximum Gasteiger partial charge on any atom is 0.319 e. The van der Waals surface area contributed by atoms with Crippen LogP contribution in [0.15, 0.2) is 24.7 Å². The van der Waals surface area contributed by atoms with Crippen LogP contribution in [0.5, 0.6) is 6.01 Å². The molecule has 0 spiro atoms. The van der Waals surface area contributed by atoms with Gasteiger partial charge in [-0.3, -0.25) is 15.0 Å². The van der Waals surface area contributed by atoms with Crippen molar-refractivity contribution in [2.24, 2.45) is 5.92 Å². The van der Waals surface area contributed by atoms with Crippen molar-refractivity contribution in [2.75, 3.05) is 37.7 Å². The first-order valence-corrected chi connectivity index (χ1v) is 16.5. The fraction of sp³-hybridized carbons (Fsp3) is 0.500. The smallest absolute Gasteiger partial charge is 0.319 e. The zero-order valence-corrected chi connectivity index (χ0v) is 26.0. The number of alkyl halides is 1. The highest BCUT2D eigenvalue weighted by Crippen LogP contribution is 2.42. The highest BCUT2D eigenvalue weighted by molar-refractivity contribution is 6.33. The van der Waals surface area contributed by atoms with Crippen LogP contribution < -0.4 is 9.64 Å². The van der Waals surface area contributed by atoms with Crippen molar-refractivity contribution < 1.29 is 13.5 Å².